The van der Waals surface area contributed by atoms with Crippen LogP contribution in [0.3, 0.4) is 0 Å². The van der Waals surface area contributed by atoms with Crippen LogP contribution in [0.15, 0.2) is 4.99 Å². The van der Waals surface area contributed by atoms with Gasteiger partial charge in [-0.25, -0.2) is 0 Å². The number of thioether (sulfide) groups is 1. The molecule has 0 saturated heterocycles. The van der Waals surface area contributed by atoms with Gasteiger partial charge in [-0.1, -0.05) is 11.8 Å². The molecule has 28 heavy (non-hydrogen) atoms. The highest BCUT2D eigenvalue weighted by atomic mass is 32.2. The van der Waals surface area contributed by atoms with Crippen LogP contribution < -0.4 is 0 Å². The molecule has 1 aliphatic heterocycles. The van der Waals surface area contributed by atoms with Gasteiger partial charge < -0.3 is 18.9 Å². The molecular formula is C19H29NO7S. The van der Waals surface area contributed by atoms with Gasteiger partial charge in [0.2, 0.25) is 0 Å². The van der Waals surface area contributed by atoms with E-state index in [0.717, 1.165) is 11.5 Å². The fourth-order valence-corrected chi connectivity index (χ4v) is 4.20. The van der Waals surface area contributed by atoms with Gasteiger partial charge >= 0.3 is 17.9 Å². The van der Waals surface area contributed by atoms with Crippen molar-refractivity contribution in [3.05, 3.63) is 0 Å². The Balaban J connectivity index is 2.36. The van der Waals surface area contributed by atoms with E-state index in [0.29, 0.717) is 5.92 Å². The Kier molecular flexibility index (Phi) is 8.30. The smallest absolute Gasteiger partial charge is 0.303 e. The molecule has 0 spiro atoms. The molecule has 1 aliphatic carbocycles. The quantitative estimate of drug-likeness (QED) is 0.482. The molecule has 0 aromatic heterocycles. The number of ether oxygens (including phenoxy) is 4. The minimum Gasteiger partial charge on any atom is -0.463 e. The second kappa shape index (κ2) is 10.2. The van der Waals surface area contributed by atoms with Crippen molar-refractivity contribution in [3.63, 3.8) is 0 Å². The normalized spacial score (nSPS) is 30.9. The average Bonchev–Trinajstić information content (AvgIpc) is 3.36. The molecule has 8 nitrogen and oxygen atoms in total. The Labute approximate surface area is 169 Å². The summed E-state index contributed by atoms with van der Waals surface area (Å²) in [7, 11) is 0. The maximum atomic E-state index is 11.8. The summed E-state index contributed by atoms with van der Waals surface area (Å²) >= 11 is 1.49. The lowest BCUT2D eigenvalue weighted by molar-refractivity contribution is -0.187. The van der Waals surface area contributed by atoms with Crippen molar-refractivity contribution in [3.8, 4) is 0 Å². The molecule has 2 rings (SSSR count). The lowest BCUT2D eigenvalue weighted by Gasteiger charge is -2.33. The number of rotatable bonds is 6. The highest BCUT2D eigenvalue weighted by molar-refractivity contribution is 8.14. The molecule has 9 heteroatoms. The fraction of sp³-hybridized carbons (Fsp3) is 0.789. The number of esters is 3. The Bertz CT molecular complexity index is 619. The van der Waals surface area contributed by atoms with Gasteiger partial charge in [-0.15, -0.1) is 0 Å². The number of carbonyl (C=O) groups is 3. The summed E-state index contributed by atoms with van der Waals surface area (Å²) in [6, 6.07) is -0.455. The molecule has 0 N–H and O–H groups in total. The minimum atomic E-state index is -0.956. The van der Waals surface area contributed by atoms with Gasteiger partial charge in [0.15, 0.2) is 12.2 Å². The molecule has 1 fully saturated rings. The van der Waals surface area contributed by atoms with Gasteiger partial charge in [0.25, 0.3) is 0 Å². The van der Waals surface area contributed by atoms with Crippen molar-refractivity contribution >= 4 is 34.7 Å². The summed E-state index contributed by atoms with van der Waals surface area (Å²) in [6.45, 7) is 7.41. The van der Waals surface area contributed by atoms with Crippen molar-refractivity contribution in [1.82, 2.24) is 0 Å². The molecule has 158 valence electrons. The van der Waals surface area contributed by atoms with E-state index < -0.39 is 42.3 Å². The number of aliphatic imine (C=N–C) groups is 1. The maximum Gasteiger partial charge on any atom is 0.303 e. The number of carbonyl (C=O) groups excluding carboxylic acids is 3. The first-order valence-corrected chi connectivity index (χ1v) is 10.4. The largest absolute Gasteiger partial charge is 0.463 e. The summed E-state index contributed by atoms with van der Waals surface area (Å²) in [5.74, 6) is -0.917. The van der Waals surface area contributed by atoms with Gasteiger partial charge in [0.1, 0.15) is 18.1 Å². The first kappa shape index (κ1) is 22.7. The Morgan fingerprint density at radius 1 is 1.04 bits per heavy atom. The van der Waals surface area contributed by atoms with Crippen molar-refractivity contribution in [2.45, 2.75) is 83.7 Å². The lowest BCUT2D eigenvalue weighted by Crippen LogP contribution is -2.50. The standard InChI is InChI=1S/C19H29NO7S/c1-10-18(25-12(3)22)19(26-13(4)23)16(9-24-11(2)21)27-14(5)28-17(20-10)8-15-6-7-15/h10,14-16,18-19H,6-9H2,1-5H3/t10-,14?,16-,18-,19-/m1/s1. The Morgan fingerprint density at radius 2 is 1.64 bits per heavy atom. The molecule has 2 aliphatic rings. The predicted molar refractivity (Wildman–Crippen MR) is 104 cm³/mol. The zero-order chi connectivity index (χ0) is 20.8. The van der Waals surface area contributed by atoms with Crippen LogP contribution in [0, 0.1) is 5.92 Å². The minimum absolute atomic E-state index is 0.124. The van der Waals surface area contributed by atoms with Crippen LogP contribution in [0.5, 0.6) is 0 Å². The molecule has 0 bridgehead atoms. The van der Waals surface area contributed by atoms with Crippen LogP contribution in [-0.2, 0) is 33.3 Å². The van der Waals surface area contributed by atoms with Crippen LogP contribution in [0.4, 0.5) is 0 Å². The maximum absolute atomic E-state index is 11.8. The zero-order valence-electron chi connectivity index (χ0n) is 17.0. The molecule has 0 aromatic carbocycles. The molecule has 1 heterocycles. The fourth-order valence-electron chi connectivity index (χ4n) is 3.06. The summed E-state index contributed by atoms with van der Waals surface area (Å²) in [6.07, 6.45) is 0.605. The number of hydrogen-bond acceptors (Lipinski definition) is 9. The molecule has 5 atom stereocenters. The van der Waals surface area contributed by atoms with Crippen LogP contribution in [-0.4, -0.2) is 59.3 Å². The van der Waals surface area contributed by atoms with Crippen molar-refractivity contribution in [2.24, 2.45) is 10.9 Å². The van der Waals surface area contributed by atoms with E-state index in [4.69, 9.17) is 23.9 Å². The third-order valence-electron chi connectivity index (χ3n) is 4.40. The van der Waals surface area contributed by atoms with E-state index in [-0.39, 0.29) is 12.0 Å². The summed E-state index contributed by atoms with van der Waals surface area (Å²) in [4.78, 5) is 39.6. The lowest BCUT2D eigenvalue weighted by atomic mass is 10.0. The molecule has 1 unspecified atom stereocenters. The van der Waals surface area contributed by atoms with Crippen molar-refractivity contribution in [2.75, 3.05) is 6.61 Å². The topological polar surface area (TPSA) is 100 Å². The van der Waals surface area contributed by atoms with E-state index in [1.807, 2.05) is 13.8 Å². The van der Waals surface area contributed by atoms with E-state index >= 15 is 0 Å². The molecule has 0 amide bonds. The first-order chi connectivity index (χ1) is 13.2. The van der Waals surface area contributed by atoms with E-state index in [9.17, 15) is 14.4 Å². The second-order valence-electron chi connectivity index (χ2n) is 7.22. The highest BCUT2D eigenvalue weighted by Crippen LogP contribution is 2.37. The Morgan fingerprint density at radius 3 is 2.18 bits per heavy atom. The molecule has 1 saturated carbocycles. The second-order valence-corrected chi connectivity index (χ2v) is 8.59. The van der Waals surface area contributed by atoms with Crippen molar-refractivity contribution in [1.29, 1.82) is 0 Å². The predicted octanol–water partition coefficient (Wildman–Crippen LogP) is 2.48. The van der Waals surface area contributed by atoms with E-state index in [1.165, 1.54) is 45.4 Å². The van der Waals surface area contributed by atoms with Gasteiger partial charge in [0, 0.05) is 20.8 Å². The van der Waals surface area contributed by atoms with E-state index in [1.54, 1.807) is 0 Å². The SMILES string of the molecule is CC(=O)OC[C@H]1OC(C)SC(CC2CC2)=N[C@H](C)[C@@H](OC(C)=O)[C@@H]1OC(C)=O. The Hall–Kier alpha value is -1.61. The summed E-state index contributed by atoms with van der Waals surface area (Å²) in [5.41, 5.74) is -0.306. The highest BCUT2D eigenvalue weighted by Gasteiger charge is 2.42. The van der Waals surface area contributed by atoms with Gasteiger partial charge in [-0.2, -0.15) is 0 Å². The average molecular weight is 416 g/mol. The first-order valence-electron chi connectivity index (χ1n) is 9.52. The summed E-state index contributed by atoms with van der Waals surface area (Å²) < 4.78 is 22.2. The zero-order valence-corrected chi connectivity index (χ0v) is 17.8. The van der Waals surface area contributed by atoms with Gasteiger partial charge in [0.05, 0.1) is 11.1 Å². The summed E-state index contributed by atoms with van der Waals surface area (Å²) in [5, 5.41) is 0.925. The van der Waals surface area contributed by atoms with Crippen LogP contribution in [0.25, 0.3) is 0 Å². The number of hydrogen-bond donors (Lipinski definition) is 0. The molecular weight excluding hydrogens is 386 g/mol. The van der Waals surface area contributed by atoms with Crippen LogP contribution in [0.1, 0.15) is 53.9 Å². The molecule has 0 radical (unpaired) electrons. The van der Waals surface area contributed by atoms with E-state index in [2.05, 4.69) is 0 Å². The van der Waals surface area contributed by atoms with Gasteiger partial charge in [-0.05, 0) is 39.0 Å². The monoisotopic (exact) mass is 415 g/mol. The molecule has 0 aromatic rings. The number of nitrogens with zero attached hydrogens (tertiary/aromatic N) is 1. The van der Waals surface area contributed by atoms with Crippen LogP contribution in [0.2, 0.25) is 0 Å². The third kappa shape index (κ3) is 7.43. The van der Waals surface area contributed by atoms with Crippen molar-refractivity contribution < 1.29 is 33.3 Å². The van der Waals surface area contributed by atoms with Crippen LogP contribution >= 0.6 is 11.8 Å². The third-order valence-corrected chi connectivity index (χ3v) is 5.38. The van der Waals surface area contributed by atoms with Gasteiger partial charge in [-0.3, -0.25) is 19.4 Å².